The highest BCUT2D eigenvalue weighted by atomic mass is 32.1. The quantitative estimate of drug-likeness (QED) is 0.706. The van der Waals surface area contributed by atoms with Gasteiger partial charge in [0.2, 0.25) is 0 Å². The number of carbonyl (C=O) groups excluding carboxylic acids is 1. The summed E-state index contributed by atoms with van der Waals surface area (Å²) in [6.07, 6.45) is -4.79. The van der Waals surface area contributed by atoms with Crippen LogP contribution in [0.5, 0.6) is 11.5 Å². The lowest BCUT2D eigenvalue weighted by Gasteiger charge is -2.07. The van der Waals surface area contributed by atoms with E-state index in [-0.39, 0.29) is 23.2 Å². The maximum Gasteiger partial charge on any atom is 0.573 e. The largest absolute Gasteiger partial charge is 0.573 e. The standard InChI is InChI=1S/C17H10F3N3O3S/c18-17(19,20)26-11-5-6-12-14(7-11)27-16(22-12)23-15(24)9-25-13-4-2-1-3-10(13)8-21/h1-7H,9H2,(H,22,23,24). The van der Waals surface area contributed by atoms with Gasteiger partial charge in [-0.2, -0.15) is 5.26 Å². The summed E-state index contributed by atoms with van der Waals surface area (Å²) in [5, 5.41) is 11.7. The summed E-state index contributed by atoms with van der Waals surface area (Å²) in [5.74, 6) is -0.616. The Morgan fingerprint density at radius 2 is 2.04 bits per heavy atom. The van der Waals surface area contributed by atoms with Gasteiger partial charge in [0.25, 0.3) is 5.91 Å². The van der Waals surface area contributed by atoms with Gasteiger partial charge in [0.1, 0.15) is 17.6 Å². The van der Waals surface area contributed by atoms with Gasteiger partial charge in [0.15, 0.2) is 11.7 Å². The Hall–Kier alpha value is -3.32. The number of para-hydroxylation sites is 1. The molecule has 0 aliphatic rings. The van der Waals surface area contributed by atoms with Crippen LogP contribution in [0, 0.1) is 11.3 Å². The number of ether oxygens (including phenoxy) is 2. The number of hydrogen-bond acceptors (Lipinski definition) is 6. The molecule has 10 heteroatoms. The molecular formula is C17H10F3N3O3S. The number of fused-ring (bicyclic) bond motifs is 1. The predicted octanol–water partition coefficient (Wildman–Crippen LogP) is 4.08. The smallest absolute Gasteiger partial charge is 0.482 e. The molecule has 3 aromatic rings. The topological polar surface area (TPSA) is 84.2 Å². The molecule has 0 spiro atoms. The van der Waals surface area contributed by atoms with E-state index in [1.165, 1.54) is 12.1 Å². The first-order chi connectivity index (χ1) is 12.8. The average molecular weight is 393 g/mol. The number of nitriles is 1. The molecule has 1 amide bonds. The number of thiazole rings is 1. The summed E-state index contributed by atoms with van der Waals surface area (Å²) >= 11 is 0.997. The van der Waals surface area contributed by atoms with Gasteiger partial charge in [-0.25, -0.2) is 4.98 Å². The van der Waals surface area contributed by atoms with Crippen LogP contribution in [-0.4, -0.2) is 23.9 Å². The Kier molecular flexibility index (Phi) is 5.14. The summed E-state index contributed by atoms with van der Waals surface area (Å²) in [4.78, 5) is 16.1. The number of benzene rings is 2. The molecule has 138 valence electrons. The highest BCUT2D eigenvalue weighted by Gasteiger charge is 2.31. The highest BCUT2D eigenvalue weighted by Crippen LogP contribution is 2.31. The van der Waals surface area contributed by atoms with Crippen LogP contribution in [0.15, 0.2) is 42.5 Å². The number of nitrogens with zero attached hydrogens (tertiary/aromatic N) is 2. The second kappa shape index (κ2) is 7.51. The summed E-state index contributed by atoms with van der Waals surface area (Å²) < 4.78 is 46.4. The number of alkyl halides is 3. The van der Waals surface area contributed by atoms with Gasteiger partial charge in [-0.1, -0.05) is 23.5 Å². The maximum atomic E-state index is 12.3. The van der Waals surface area contributed by atoms with E-state index in [2.05, 4.69) is 15.0 Å². The molecule has 27 heavy (non-hydrogen) atoms. The molecule has 0 aliphatic heterocycles. The molecule has 2 aromatic carbocycles. The number of hydrogen-bond donors (Lipinski definition) is 1. The van der Waals surface area contributed by atoms with Crippen molar-refractivity contribution < 1.29 is 27.4 Å². The van der Waals surface area contributed by atoms with E-state index in [0.29, 0.717) is 15.8 Å². The Morgan fingerprint density at radius 1 is 1.26 bits per heavy atom. The van der Waals surface area contributed by atoms with Crippen molar-refractivity contribution in [2.45, 2.75) is 6.36 Å². The molecule has 1 aromatic heterocycles. The third-order valence-electron chi connectivity index (χ3n) is 3.21. The van der Waals surface area contributed by atoms with Gasteiger partial charge >= 0.3 is 6.36 Å². The third-order valence-corrected chi connectivity index (χ3v) is 4.14. The number of halogens is 3. The van der Waals surface area contributed by atoms with Crippen molar-refractivity contribution in [1.29, 1.82) is 5.26 Å². The summed E-state index contributed by atoms with van der Waals surface area (Å²) in [6, 6.07) is 12.1. The molecule has 0 saturated heterocycles. The first-order valence-corrected chi connectivity index (χ1v) is 8.24. The van der Waals surface area contributed by atoms with Gasteiger partial charge in [0, 0.05) is 6.07 Å². The first kappa shape index (κ1) is 18.5. The number of anilines is 1. The highest BCUT2D eigenvalue weighted by molar-refractivity contribution is 7.22. The zero-order chi connectivity index (χ0) is 19.4. The Labute approximate surface area is 154 Å². The molecular weight excluding hydrogens is 383 g/mol. The number of amides is 1. The number of nitrogens with one attached hydrogen (secondary N) is 1. The lowest BCUT2D eigenvalue weighted by atomic mass is 10.2. The van der Waals surface area contributed by atoms with Crippen molar-refractivity contribution >= 4 is 32.6 Å². The van der Waals surface area contributed by atoms with Crippen molar-refractivity contribution in [2.75, 3.05) is 11.9 Å². The van der Waals surface area contributed by atoms with Crippen LogP contribution >= 0.6 is 11.3 Å². The maximum absolute atomic E-state index is 12.3. The van der Waals surface area contributed by atoms with E-state index >= 15 is 0 Å². The van der Waals surface area contributed by atoms with Crippen molar-refractivity contribution in [3.63, 3.8) is 0 Å². The van der Waals surface area contributed by atoms with Gasteiger partial charge < -0.3 is 9.47 Å². The lowest BCUT2D eigenvalue weighted by molar-refractivity contribution is -0.274. The SMILES string of the molecule is N#Cc1ccccc1OCC(=O)Nc1nc2ccc(OC(F)(F)F)cc2s1. The summed E-state index contributed by atoms with van der Waals surface area (Å²) in [6.45, 7) is -0.350. The van der Waals surface area contributed by atoms with E-state index in [1.54, 1.807) is 24.3 Å². The van der Waals surface area contributed by atoms with E-state index in [1.807, 2.05) is 6.07 Å². The molecule has 1 N–H and O–H groups in total. The fourth-order valence-electron chi connectivity index (χ4n) is 2.14. The summed E-state index contributed by atoms with van der Waals surface area (Å²) in [5.41, 5.74) is 0.711. The van der Waals surface area contributed by atoms with Crippen molar-refractivity contribution in [2.24, 2.45) is 0 Å². The lowest BCUT2D eigenvalue weighted by Crippen LogP contribution is -2.20. The van der Waals surface area contributed by atoms with Crippen molar-refractivity contribution in [1.82, 2.24) is 4.98 Å². The van der Waals surface area contributed by atoms with Crippen LogP contribution < -0.4 is 14.8 Å². The second-order valence-corrected chi connectivity index (χ2v) is 6.17. The van der Waals surface area contributed by atoms with Gasteiger partial charge in [-0.05, 0) is 24.3 Å². The van der Waals surface area contributed by atoms with Crippen LogP contribution in [0.2, 0.25) is 0 Å². The first-order valence-electron chi connectivity index (χ1n) is 7.42. The zero-order valence-corrected chi connectivity index (χ0v) is 14.2. The Bertz CT molecular complexity index is 1030. The van der Waals surface area contributed by atoms with E-state index in [9.17, 15) is 18.0 Å². The molecule has 0 fully saturated rings. The van der Waals surface area contributed by atoms with E-state index in [4.69, 9.17) is 10.00 Å². The van der Waals surface area contributed by atoms with E-state index < -0.39 is 12.3 Å². The van der Waals surface area contributed by atoms with Crippen molar-refractivity contribution in [3.05, 3.63) is 48.0 Å². The molecule has 1 heterocycles. The van der Waals surface area contributed by atoms with Crippen LogP contribution in [0.25, 0.3) is 10.2 Å². The Morgan fingerprint density at radius 3 is 2.78 bits per heavy atom. The van der Waals surface area contributed by atoms with E-state index in [0.717, 1.165) is 17.4 Å². The van der Waals surface area contributed by atoms with Gasteiger partial charge in [-0.3, -0.25) is 10.1 Å². The van der Waals surface area contributed by atoms with Crippen LogP contribution in [0.1, 0.15) is 5.56 Å². The molecule has 0 atom stereocenters. The molecule has 0 unspecified atom stereocenters. The van der Waals surface area contributed by atoms with Crippen LogP contribution in [0.3, 0.4) is 0 Å². The van der Waals surface area contributed by atoms with Crippen LogP contribution in [-0.2, 0) is 4.79 Å². The number of carbonyl (C=O) groups is 1. The predicted molar refractivity (Wildman–Crippen MR) is 91.6 cm³/mol. The zero-order valence-electron chi connectivity index (χ0n) is 13.4. The minimum absolute atomic E-state index is 0.205. The number of aromatic nitrogens is 1. The van der Waals surface area contributed by atoms with Crippen LogP contribution in [0.4, 0.5) is 18.3 Å². The van der Waals surface area contributed by atoms with Gasteiger partial charge in [-0.15, -0.1) is 13.2 Å². The molecule has 6 nitrogen and oxygen atoms in total. The molecule has 3 rings (SSSR count). The molecule has 0 saturated carbocycles. The third kappa shape index (κ3) is 4.86. The fraction of sp³-hybridized carbons (Fsp3) is 0.118. The minimum atomic E-state index is -4.79. The fourth-order valence-corrected chi connectivity index (χ4v) is 3.05. The molecule has 0 bridgehead atoms. The Balaban J connectivity index is 1.65. The normalized spacial score (nSPS) is 11.0. The average Bonchev–Trinajstić information content (AvgIpc) is 3.00. The van der Waals surface area contributed by atoms with Gasteiger partial charge in [0.05, 0.1) is 15.8 Å². The second-order valence-electron chi connectivity index (χ2n) is 5.14. The number of rotatable bonds is 5. The molecule has 0 aliphatic carbocycles. The summed E-state index contributed by atoms with van der Waals surface area (Å²) in [7, 11) is 0. The monoisotopic (exact) mass is 393 g/mol. The molecule has 0 radical (unpaired) electrons. The minimum Gasteiger partial charge on any atom is -0.482 e. The van der Waals surface area contributed by atoms with Crippen molar-refractivity contribution in [3.8, 4) is 17.6 Å².